The molecule has 1 amide bonds. The molecule has 0 aliphatic carbocycles. The largest absolute Gasteiger partial charge is 0.480 e. The number of alkyl carbamates (subject to hydrolysis) is 1. The molecule has 116 valence electrons. The molecule has 1 aromatic carbocycles. The molecule has 21 heavy (non-hydrogen) atoms. The summed E-state index contributed by atoms with van der Waals surface area (Å²) in [7, 11) is 0. The van der Waals surface area contributed by atoms with Crippen molar-refractivity contribution in [2.24, 2.45) is 0 Å². The normalized spacial score (nSPS) is 14.1. The van der Waals surface area contributed by atoms with E-state index in [-0.39, 0.29) is 6.42 Å². The summed E-state index contributed by atoms with van der Waals surface area (Å²) < 4.78 is 5.14. The lowest BCUT2D eigenvalue weighted by atomic mass is 9.91. The van der Waals surface area contributed by atoms with Crippen LogP contribution in [0.15, 0.2) is 24.3 Å². The van der Waals surface area contributed by atoms with Crippen LogP contribution in [0.3, 0.4) is 0 Å². The Morgan fingerprint density at radius 1 is 1.19 bits per heavy atom. The van der Waals surface area contributed by atoms with E-state index in [0.29, 0.717) is 0 Å². The second kappa shape index (κ2) is 6.16. The highest BCUT2D eigenvalue weighted by atomic mass is 16.6. The topological polar surface area (TPSA) is 75.6 Å². The molecule has 0 radical (unpaired) electrons. The number of carbonyl (C=O) groups is 2. The smallest absolute Gasteiger partial charge is 0.408 e. The first-order valence-electron chi connectivity index (χ1n) is 6.82. The van der Waals surface area contributed by atoms with E-state index in [2.05, 4.69) is 5.32 Å². The van der Waals surface area contributed by atoms with Gasteiger partial charge in [-0.25, -0.2) is 9.59 Å². The molecule has 2 N–H and O–H groups in total. The van der Waals surface area contributed by atoms with Crippen LogP contribution in [0.5, 0.6) is 0 Å². The summed E-state index contributed by atoms with van der Waals surface area (Å²) in [6.07, 6.45) is -0.546. The van der Waals surface area contributed by atoms with Gasteiger partial charge in [-0.05, 0) is 45.7 Å². The van der Waals surface area contributed by atoms with Gasteiger partial charge in [-0.3, -0.25) is 0 Å². The van der Waals surface area contributed by atoms with E-state index in [1.807, 2.05) is 31.2 Å². The summed E-state index contributed by atoms with van der Waals surface area (Å²) in [5.74, 6) is -1.10. The molecule has 0 saturated carbocycles. The van der Waals surface area contributed by atoms with E-state index >= 15 is 0 Å². The van der Waals surface area contributed by atoms with Gasteiger partial charge in [0.1, 0.15) is 11.1 Å². The predicted octanol–water partition coefficient (Wildman–Crippen LogP) is 2.91. The van der Waals surface area contributed by atoms with Gasteiger partial charge >= 0.3 is 12.1 Å². The molecule has 1 atom stereocenters. The fraction of sp³-hybridized carbons (Fsp3) is 0.500. The summed E-state index contributed by atoms with van der Waals surface area (Å²) in [6.45, 7) is 8.57. The molecule has 0 aliphatic rings. The molecule has 0 spiro atoms. The first-order chi connectivity index (χ1) is 9.53. The van der Waals surface area contributed by atoms with E-state index < -0.39 is 23.2 Å². The van der Waals surface area contributed by atoms with Crippen LogP contribution in [0.4, 0.5) is 4.79 Å². The molecule has 1 aromatic rings. The monoisotopic (exact) mass is 293 g/mol. The van der Waals surface area contributed by atoms with Gasteiger partial charge in [-0.15, -0.1) is 0 Å². The van der Waals surface area contributed by atoms with Crippen LogP contribution in [-0.4, -0.2) is 28.3 Å². The summed E-state index contributed by atoms with van der Waals surface area (Å²) in [4.78, 5) is 23.4. The van der Waals surface area contributed by atoms with Crippen LogP contribution < -0.4 is 5.32 Å². The van der Waals surface area contributed by atoms with Crippen molar-refractivity contribution in [3.05, 3.63) is 35.4 Å². The molecule has 5 heteroatoms. The first-order valence-corrected chi connectivity index (χ1v) is 6.82. The van der Waals surface area contributed by atoms with E-state index in [0.717, 1.165) is 11.1 Å². The van der Waals surface area contributed by atoms with Gasteiger partial charge < -0.3 is 15.2 Å². The Bertz CT molecular complexity index is 533. The fourth-order valence-electron chi connectivity index (χ4n) is 1.89. The number of ether oxygens (including phenoxy) is 1. The lowest BCUT2D eigenvalue weighted by molar-refractivity contribution is -0.144. The van der Waals surface area contributed by atoms with Gasteiger partial charge in [0, 0.05) is 6.42 Å². The lowest BCUT2D eigenvalue weighted by Crippen LogP contribution is -2.55. The van der Waals surface area contributed by atoms with Gasteiger partial charge in [0.15, 0.2) is 0 Å². The predicted molar refractivity (Wildman–Crippen MR) is 80.3 cm³/mol. The van der Waals surface area contributed by atoms with E-state index in [9.17, 15) is 14.7 Å². The minimum atomic E-state index is -1.42. The molecule has 5 nitrogen and oxygen atoms in total. The van der Waals surface area contributed by atoms with Crippen LogP contribution in [-0.2, 0) is 16.0 Å². The second-order valence-corrected chi connectivity index (χ2v) is 6.37. The van der Waals surface area contributed by atoms with Gasteiger partial charge in [0.05, 0.1) is 0 Å². The number of carboxylic acid groups (broad SMARTS) is 1. The molecule has 1 rings (SSSR count). The molecule has 0 saturated heterocycles. The highest BCUT2D eigenvalue weighted by molar-refractivity contribution is 5.84. The molecule has 1 unspecified atom stereocenters. The Balaban J connectivity index is 2.92. The van der Waals surface area contributed by atoms with E-state index in [4.69, 9.17) is 4.74 Å². The van der Waals surface area contributed by atoms with Gasteiger partial charge in [0.25, 0.3) is 0 Å². The maximum Gasteiger partial charge on any atom is 0.408 e. The number of rotatable bonds is 4. The first kappa shape index (κ1) is 17.0. The molecule has 0 bridgehead atoms. The molecule has 0 heterocycles. The summed E-state index contributed by atoms with van der Waals surface area (Å²) >= 11 is 0. The number of hydrogen-bond donors (Lipinski definition) is 2. The van der Waals surface area contributed by atoms with Crippen LogP contribution >= 0.6 is 0 Å². The van der Waals surface area contributed by atoms with Crippen LogP contribution in [0.25, 0.3) is 0 Å². The maximum atomic E-state index is 11.9. The maximum absolute atomic E-state index is 11.9. The van der Waals surface area contributed by atoms with Crippen molar-refractivity contribution in [2.45, 2.75) is 52.2 Å². The number of aryl methyl sites for hydroxylation is 1. The molecular formula is C16H23NO4. The van der Waals surface area contributed by atoms with Gasteiger partial charge in [0.2, 0.25) is 0 Å². The Kier molecular flexibility index (Phi) is 4.99. The molecular weight excluding hydrogens is 270 g/mol. The Morgan fingerprint density at radius 3 is 2.24 bits per heavy atom. The zero-order valence-corrected chi connectivity index (χ0v) is 13.2. The van der Waals surface area contributed by atoms with Crippen molar-refractivity contribution in [3.63, 3.8) is 0 Å². The molecule has 0 aliphatic heterocycles. The van der Waals surface area contributed by atoms with Crippen LogP contribution in [0.1, 0.15) is 38.8 Å². The van der Waals surface area contributed by atoms with Gasteiger partial charge in [-0.2, -0.15) is 0 Å². The SMILES string of the molecule is Cc1ccccc1CC(C)(NC(=O)OC(C)(C)C)C(=O)O. The van der Waals surface area contributed by atoms with Crippen molar-refractivity contribution >= 4 is 12.1 Å². The van der Waals surface area contributed by atoms with Crippen molar-refractivity contribution < 1.29 is 19.4 Å². The minimum Gasteiger partial charge on any atom is -0.480 e. The minimum absolute atomic E-state index is 0.189. The third kappa shape index (κ3) is 5.10. The number of carboxylic acids is 1. The van der Waals surface area contributed by atoms with Crippen LogP contribution in [0.2, 0.25) is 0 Å². The number of amides is 1. The zero-order valence-electron chi connectivity index (χ0n) is 13.2. The van der Waals surface area contributed by atoms with Crippen molar-refractivity contribution in [3.8, 4) is 0 Å². The van der Waals surface area contributed by atoms with Crippen molar-refractivity contribution in [1.29, 1.82) is 0 Å². The number of hydrogen-bond acceptors (Lipinski definition) is 3. The fourth-order valence-corrected chi connectivity index (χ4v) is 1.89. The zero-order chi connectivity index (χ0) is 16.3. The second-order valence-electron chi connectivity index (χ2n) is 6.37. The number of aliphatic carboxylic acids is 1. The Morgan fingerprint density at radius 2 is 1.76 bits per heavy atom. The highest BCUT2D eigenvalue weighted by Crippen LogP contribution is 2.18. The third-order valence-corrected chi connectivity index (χ3v) is 3.05. The number of nitrogens with one attached hydrogen (secondary N) is 1. The van der Waals surface area contributed by atoms with E-state index in [1.54, 1.807) is 20.8 Å². The Hall–Kier alpha value is -2.04. The summed E-state index contributed by atoms with van der Waals surface area (Å²) in [5, 5.41) is 11.9. The third-order valence-electron chi connectivity index (χ3n) is 3.05. The molecule has 0 fully saturated rings. The molecule has 0 aromatic heterocycles. The Labute approximate surface area is 125 Å². The van der Waals surface area contributed by atoms with Gasteiger partial charge in [-0.1, -0.05) is 24.3 Å². The average molecular weight is 293 g/mol. The quantitative estimate of drug-likeness (QED) is 0.895. The number of carbonyl (C=O) groups excluding carboxylic acids is 1. The van der Waals surface area contributed by atoms with Crippen molar-refractivity contribution in [2.75, 3.05) is 0 Å². The van der Waals surface area contributed by atoms with E-state index in [1.165, 1.54) is 6.92 Å². The lowest BCUT2D eigenvalue weighted by Gasteiger charge is -2.29. The van der Waals surface area contributed by atoms with Crippen molar-refractivity contribution in [1.82, 2.24) is 5.32 Å². The standard InChI is InChI=1S/C16H23NO4/c1-11-8-6-7-9-12(11)10-16(5,13(18)19)17-14(20)21-15(2,3)4/h6-9H,10H2,1-5H3,(H,17,20)(H,18,19). The summed E-state index contributed by atoms with van der Waals surface area (Å²) in [6, 6.07) is 7.49. The number of benzene rings is 1. The van der Waals surface area contributed by atoms with Crippen LogP contribution in [0, 0.1) is 6.92 Å². The highest BCUT2D eigenvalue weighted by Gasteiger charge is 2.36. The summed E-state index contributed by atoms with van der Waals surface area (Å²) in [5.41, 5.74) is -0.241. The average Bonchev–Trinajstić information content (AvgIpc) is 2.29.